The van der Waals surface area contributed by atoms with Crippen LogP contribution in [0, 0.1) is 0 Å². The number of fused-ring (bicyclic) bond motifs is 1. The largest absolute Gasteiger partial charge is 0.460 e. The molecular formula is C34H44N8O4. The van der Waals surface area contributed by atoms with Gasteiger partial charge < -0.3 is 25.0 Å². The number of amides is 2. The minimum Gasteiger partial charge on any atom is -0.460 e. The van der Waals surface area contributed by atoms with Gasteiger partial charge in [-0.15, -0.1) is 0 Å². The molecule has 0 bridgehead atoms. The maximum Gasteiger partial charge on any atom is 0.319 e. The van der Waals surface area contributed by atoms with Crippen molar-refractivity contribution in [3.63, 3.8) is 0 Å². The third-order valence-electron chi connectivity index (χ3n) is 10.0. The topological polar surface area (TPSA) is 129 Å². The second-order valence-corrected chi connectivity index (χ2v) is 13.2. The third kappa shape index (κ3) is 6.73. The highest BCUT2D eigenvalue weighted by Gasteiger charge is 2.36. The normalized spacial score (nSPS) is 22.9. The van der Waals surface area contributed by atoms with Crippen molar-refractivity contribution in [3.05, 3.63) is 65.1 Å². The molecule has 0 radical (unpaired) electrons. The van der Waals surface area contributed by atoms with Gasteiger partial charge in [-0.2, -0.15) is 15.1 Å². The number of aliphatic hydroxyl groups excluding tert-OH is 1. The van der Waals surface area contributed by atoms with Gasteiger partial charge in [-0.25, -0.2) is 0 Å². The Hall–Kier alpha value is -4.03. The molecule has 0 unspecified atom stereocenters. The Morgan fingerprint density at radius 3 is 2.43 bits per heavy atom. The van der Waals surface area contributed by atoms with Crippen molar-refractivity contribution < 1.29 is 19.4 Å². The van der Waals surface area contributed by atoms with E-state index in [2.05, 4.69) is 49.5 Å². The van der Waals surface area contributed by atoms with Crippen molar-refractivity contribution in [1.82, 2.24) is 34.4 Å². The number of carbonyl (C=O) groups excluding carboxylic acids is 2. The van der Waals surface area contributed by atoms with Gasteiger partial charge in [0.1, 0.15) is 17.6 Å². The molecule has 12 nitrogen and oxygen atoms in total. The third-order valence-corrected chi connectivity index (χ3v) is 10.0. The van der Waals surface area contributed by atoms with Crippen LogP contribution in [0.5, 0.6) is 6.01 Å². The van der Waals surface area contributed by atoms with Gasteiger partial charge in [-0.05, 0) is 62.5 Å². The molecule has 2 aromatic heterocycles. The number of nitrogens with one attached hydrogen (secondary N) is 1. The number of anilines is 1. The zero-order valence-electron chi connectivity index (χ0n) is 26.6. The minimum absolute atomic E-state index is 0.00946. The van der Waals surface area contributed by atoms with Crippen LogP contribution in [0.1, 0.15) is 76.9 Å². The summed E-state index contributed by atoms with van der Waals surface area (Å²) in [5.74, 6) is 0.315. The summed E-state index contributed by atoms with van der Waals surface area (Å²) in [6.07, 6.45) is 10.1. The molecule has 3 aliphatic heterocycles. The average molecular weight is 629 g/mol. The van der Waals surface area contributed by atoms with Crippen LogP contribution < -0.4 is 10.1 Å². The standard InChI is InChI=1S/C34H44N8O4/c1-39-20-25(19-35-39)32(44)40-15-11-26(12-16-40)36-31-18-28(37-34(38-31)46-27-8-4-5-9-27)33(45)42-17-13-29(30(43)22-42)41-14-10-23-6-2-3-7-24(23)21-41/h2-3,6-7,18-20,26-27,29-30,43H,4-5,8-17,21-22H2,1H3,(H,36,37,38)/t29-,30-/m1/s1. The maximum atomic E-state index is 13.9. The van der Waals surface area contributed by atoms with Gasteiger partial charge in [-0.1, -0.05) is 24.3 Å². The number of rotatable bonds is 7. The second kappa shape index (κ2) is 13.4. The van der Waals surface area contributed by atoms with E-state index in [0.29, 0.717) is 37.4 Å². The van der Waals surface area contributed by atoms with Crippen LogP contribution in [-0.2, 0) is 20.0 Å². The zero-order chi connectivity index (χ0) is 31.6. The lowest BCUT2D eigenvalue weighted by Gasteiger charge is -2.43. The summed E-state index contributed by atoms with van der Waals surface area (Å²) in [7, 11) is 1.80. The van der Waals surface area contributed by atoms with Crippen LogP contribution in [0.25, 0.3) is 0 Å². The number of hydrogen-bond acceptors (Lipinski definition) is 9. The Morgan fingerprint density at radius 2 is 1.70 bits per heavy atom. The first-order chi connectivity index (χ1) is 22.4. The molecule has 2 amide bonds. The summed E-state index contributed by atoms with van der Waals surface area (Å²) >= 11 is 0. The molecule has 1 aliphatic carbocycles. The predicted octanol–water partition coefficient (Wildman–Crippen LogP) is 2.88. The van der Waals surface area contributed by atoms with Crippen molar-refractivity contribution in [3.8, 4) is 6.01 Å². The van der Waals surface area contributed by atoms with E-state index in [-0.39, 0.29) is 48.3 Å². The highest BCUT2D eigenvalue weighted by molar-refractivity contribution is 5.94. The predicted molar refractivity (Wildman–Crippen MR) is 172 cm³/mol. The number of piperidine rings is 2. The lowest BCUT2D eigenvalue weighted by molar-refractivity contribution is -0.0139. The van der Waals surface area contributed by atoms with E-state index in [1.165, 1.54) is 11.1 Å². The molecular weight excluding hydrogens is 584 g/mol. The SMILES string of the molecule is Cn1cc(C(=O)N2CCC(Nc3cc(C(=O)N4CC[C@@H](N5CCc6ccccc6C5)[C@H](O)C4)nc(OC4CCCC4)n3)CC2)cn1. The quantitative estimate of drug-likeness (QED) is 0.406. The maximum absolute atomic E-state index is 13.9. The smallest absolute Gasteiger partial charge is 0.319 e. The molecule has 3 aromatic rings. The van der Waals surface area contributed by atoms with E-state index >= 15 is 0 Å². The van der Waals surface area contributed by atoms with E-state index in [4.69, 9.17) is 4.74 Å². The van der Waals surface area contributed by atoms with Gasteiger partial charge in [0.25, 0.3) is 11.8 Å². The molecule has 1 aromatic carbocycles. The van der Waals surface area contributed by atoms with E-state index in [0.717, 1.165) is 58.0 Å². The van der Waals surface area contributed by atoms with Crippen LogP contribution in [0.2, 0.25) is 0 Å². The first-order valence-corrected chi connectivity index (χ1v) is 16.8. The van der Waals surface area contributed by atoms with Crippen LogP contribution >= 0.6 is 0 Å². The highest BCUT2D eigenvalue weighted by atomic mass is 16.5. The molecule has 5 heterocycles. The number of hydrogen-bond donors (Lipinski definition) is 2. The Morgan fingerprint density at radius 1 is 0.935 bits per heavy atom. The van der Waals surface area contributed by atoms with Gasteiger partial charge in [0, 0.05) is 70.7 Å². The fourth-order valence-corrected chi connectivity index (χ4v) is 7.46. The number of carbonyl (C=O) groups is 2. The van der Waals surface area contributed by atoms with Crippen molar-refractivity contribution in [2.75, 3.05) is 38.0 Å². The fourth-order valence-electron chi connectivity index (χ4n) is 7.46. The number of aromatic nitrogens is 4. The Bertz CT molecular complexity index is 1550. The summed E-state index contributed by atoms with van der Waals surface area (Å²) in [5.41, 5.74) is 3.57. The van der Waals surface area contributed by atoms with Crippen LogP contribution in [-0.4, -0.2) is 108 Å². The van der Waals surface area contributed by atoms with E-state index in [1.54, 1.807) is 35.1 Å². The van der Waals surface area contributed by atoms with Crippen molar-refractivity contribution >= 4 is 17.6 Å². The molecule has 3 fully saturated rings. The second-order valence-electron chi connectivity index (χ2n) is 13.2. The Kier molecular flexibility index (Phi) is 8.90. The molecule has 7 rings (SSSR count). The Balaban J connectivity index is 1.01. The summed E-state index contributed by atoms with van der Waals surface area (Å²) < 4.78 is 7.82. The number of benzene rings is 1. The monoisotopic (exact) mass is 628 g/mol. The number of β-amino-alcohol motifs (C(OH)–C–C–N with tert-alkyl or cyclic N) is 1. The van der Waals surface area contributed by atoms with E-state index < -0.39 is 6.10 Å². The number of nitrogens with zero attached hydrogens (tertiary/aromatic N) is 7. The molecule has 2 N–H and O–H groups in total. The summed E-state index contributed by atoms with van der Waals surface area (Å²) in [5, 5.41) is 18.9. The summed E-state index contributed by atoms with van der Waals surface area (Å²) in [4.78, 5) is 41.9. The highest BCUT2D eigenvalue weighted by Crippen LogP contribution is 2.28. The molecule has 244 valence electrons. The molecule has 46 heavy (non-hydrogen) atoms. The molecule has 2 saturated heterocycles. The van der Waals surface area contributed by atoms with Gasteiger partial charge in [0.2, 0.25) is 0 Å². The molecule has 0 spiro atoms. The molecule has 2 atom stereocenters. The lowest BCUT2D eigenvalue weighted by atomic mass is 9.94. The first-order valence-electron chi connectivity index (χ1n) is 16.8. The fraction of sp³-hybridized carbons (Fsp3) is 0.559. The molecule has 4 aliphatic rings. The van der Waals surface area contributed by atoms with Crippen molar-refractivity contribution in [1.29, 1.82) is 0 Å². The first kappa shape index (κ1) is 30.6. The van der Waals surface area contributed by atoms with Crippen molar-refractivity contribution in [2.45, 2.75) is 82.2 Å². The van der Waals surface area contributed by atoms with Gasteiger partial charge in [0.15, 0.2) is 0 Å². The van der Waals surface area contributed by atoms with Gasteiger partial charge in [0.05, 0.1) is 17.9 Å². The van der Waals surface area contributed by atoms with Crippen LogP contribution in [0.4, 0.5) is 5.82 Å². The van der Waals surface area contributed by atoms with Crippen LogP contribution in [0.3, 0.4) is 0 Å². The van der Waals surface area contributed by atoms with Crippen molar-refractivity contribution in [2.24, 2.45) is 7.05 Å². The van der Waals surface area contributed by atoms with Gasteiger partial charge >= 0.3 is 6.01 Å². The summed E-state index contributed by atoms with van der Waals surface area (Å²) in [6, 6.07) is 10.5. The number of aliphatic hydroxyl groups is 1. The van der Waals surface area contributed by atoms with Gasteiger partial charge in [-0.3, -0.25) is 19.2 Å². The molecule has 1 saturated carbocycles. The number of ether oxygens (including phenoxy) is 1. The minimum atomic E-state index is -0.642. The lowest BCUT2D eigenvalue weighted by Crippen LogP contribution is -2.56. The zero-order valence-corrected chi connectivity index (χ0v) is 26.6. The molecule has 12 heteroatoms. The number of likely N-dealkylation sites (tertiary alicyclic amines) is 2. The summed E-state index contributed by atoms with van der Waals surface area (Å²) in [6.45, 7) is 3.77. The Labute approximate surface area is 269 Å². The van der Waals surface area contributed by atoms with E-state index in [9.17, 15) is 14.7 Å². The van der Waals surface area contributed by atoms with Crippen LogP contribution in [0.15, 0.2) is 42.7 Å². The van der Waals surface area contributed by atoms with E-state index in [1.807, 2.05) is 4.90 Å². The average Bonchev–Trinajstić information content (AvgIpc) is 3.76. The number of aryl methyl sites for hydroxylation is 1.